The van der Waals surface area contributed by atoms with Crippen LogP contribution >= 0.6 is 0 Å². The Balaban J connectivity index is 6.83. The highest BCUT2D eigenvalue weighted by Gasteiger charge is 2.64. The van der Waals surface area contributed by atoms with Crippen LogP contribution in [0.1, 0.15) is 0 Å². The second-order valence-electron chi connectivity index (χ2n) is 8.19. The minimum atomic E-state index is -3.99. The van der Waals surface area contributed by atoms with Crippen LogP contribution in [0.3, 0.4) is 0 Å². The molecule has 41 heavy (non-hydrogen) atoms. The Morgan fingerprint density at radius 3 is 0.512 bits per heavy atom. The van der Waals surface area contributed by atoms with E-state index in [2.05, 4.69) is 0 Å². The van der Waals surface area contributed by atoms with Crippen molar-refractivity contribution in [3.8, 4) is 0 Å². The molecular weight excluding hydrogens is 677 g/mol. The third kappa shape index (κ3) is 11.6. The van der Waals surface area contributed by atoms with E-state index in [1.54, 1.807) is 26.2 Å². The Morgan fingerprint density at radius 2 is 0.390 bits per heavy atom. The minimum absolute atomic E-state index is 1.36. The van der Waals surface area contributed by atoms with Crippen molar-refractivity contribution in [3.63, 3.8) is 0 Å². The largest absolute Gasteiger partial charge is 0.671 e. The highest BCUT2D eigenvalue weighted by molar-refractivity contribution is 6.88. The van der Waals surface area contributed by atoms with Gasteiger partial charge in [-0.15, -0.1) is 0 Å². The number of hydrogen-bond donors (Lipinski definition) is 0. The van der Waals surface area contributed by atoms with Crippen molar-refractivity contribution in [2.45, 2.75) is 26.2 Å². The van der Waals surface area contributed by atoms with Crippen LogP contribution in [0.2, 0.25) is 26.2 Å². The van der Waals surface area contributed by atoms with Gasteiger partial charge in [0.1, 0.15) is 0 Å². The van der Waals surface area contributed by atoms with Gasteiger partial charge < -0.3 is 77.8 Å². The van der Waals surface area contributed by atoms with Gasteiger partial charge in [0.15, 0.2) is 0 Å². The zero-order chi connectivity index (χ0) is 32.2. The molecule has 0 aliphatic rings. The molecule has 0 fully saturated rings. The monoisotopic (exact) mass is 724 g/mol. The molecule has 18 nitrogen and oxygen atoms in total. The van der Waals surface area contributed by atoms with E-state index in [0.29, 0.717) is 0 Å². The molecule has 0 saturated heterocycles. The molecule has 0 atom stereocenters. The fourth-order valence-electron chi connectivity index (χ4n) is 3.45. The topological polar surface area (TPSA) is 166 Å². The normalized spacial score (nSPS) is 14.6. The summed E-state index contributed by atoms with van der Waals surface area (Å²) in [5, 5.41) is 0. The van der Waals surface area contributed by atoms with Crippen LogP contribution in [0.4, 0.5) is 0 Å². The molecule has 0 amide bonds. The Morgan fingerprint density at radius 1 is 0.244 bits per heavy atom. The molecule has 0 heterocycles. The highest BCUT2D eigenvalue weighted by Crippen LogP contribution is 2.32. The molecular formula is C16H48O18Si7. The summed E-state index contributed by atoms with van der Waals surface area (Å²) >= 11 is 0. The molecule has 0 aliphatic carbocycles. The van der Waals surface area contributed by atoms with E-state index in [0.717, 1.165) is 0 Å². The van der Waals surface area contributed by atoms with Crippen LogP contribution in [-0.2, 0) is 77.8 Å². The number of rotatable bonds is 24. The zero-order valence-electron chi connectivity index (χ0n) is 26.8. The molecule has 0 bridgehead atoms. The van der Waals surface area contributed by atoms with Crippen LogP contribution in [0, 0.1) is 0 Å². The van der Waals surface area contributed by atoms with Gasteiger partial charge >= 0.3 is 62.4 Å². The molecule has 0 saturated carbocycles. The first-order chi connectivity index (χ1) is 19.0. The maximum atomic E-state index is 6.54. The van der Waals surface area contributed by atoms with Crippen LogP contribution in [-0.4, -0.2) is 148 Å². The molecule has 0 spiro atoms. The standard InChI is InChI=1S/C16H48O18Si7/c1-17-38(18-2,19-3)31-36(15,32-39(20-4,21-5)22-6)29-35(13,14)30-37(16,33-40(23-7,24-8)25-9)34-41(26-10,27-11)28-12/h1-16H3. The summed E-state index contributed by atoms with van der Waals surface area (Å²) in [6.07, 6.45) is 0. The van der Waals surface area contributed by atoms with E-state index in [1.807, 2.05) is 0 Å². The van der Waals surface area contributed by atoms with Crippen LogP contribution in [0.5, 0.6) is 0 Å². The molecule has 25 heteroatoms. The molecule has 0 aromatic carbocycles. The lowest BCUT2D eigenvalue weighted by molar-refractivity contribution is -0.00676. The van der Waals surface area contributed by atoms with Crippen LogP contribution in [0.25, 0.3) is 0 Å². The lowest BCUT2D eigenvalue weighted by atomic mass is 11.8. The third-order valence-corrected chi connectivity index (χ3v) is 27.9. The average Bonchev–Trinajstić information content (AvgIpc) is 2.96. The molecule has 248 valence electrons. The minimum Gasteiger partial charge on any atom is -0.395 e. The molecule has 0 aliphatic heterocycles. The van der Waals surface area contributed by atoms with Crippen molar-refractivity contribution in [1.29, 1.82) is 0 Å². The van der Waals surface area contributed by atoms with Gasteiger partial charge in [0, 0.05) is 98.4 Å². The zero-order valence-corrected chi connectivity index (χ0v) is 33.8. The molecule has 0 unspecified atom stereocenters. The summed E-state index contributed by atoms with van der Waals surface area (Å²) in [4.78, 5) is 0. The van der Waals surface area contributed by atoms with Crippen molar-refractivity contribution in [2.75, 3.05) is 85.3 Å². The predicted octanol–water partition coefficient (Wildman–Crippen LogP) is 0.424. The van der Waals surface area contributed by atoms with E-state index >= 15 is 0 Å². The fourth-order valence-corrected chi connectivity index (χ4v) is 27.6. The first-order valence-electron chi connectivity index (χ1n) is 11.8. The van der Waals surface area contributed by atoms with Gasteiger partial charge in [-0.05, 0) is 13.1 Å². The maximum Gasteiger partial charge on any atom is 0.671 e. The Kier molecular flexibility index (Phi) is 17.8. The molecule has 0 rings (SSSR count). The van der Waals surface area contributed by atoms with Gasteiger partial charge in [-0.2, -0.15) is 0 Å². The van der Waals surface area contributed by atoms with Crippen molar-refractivity contribution in [3.05, 3.63) is 0 Å². The Bertz CT molecular complexity index is 603. The predicted molar refractivity (Wildman–Crippen MR) is 154 cm³/mol. The van der Waals surface area contributed by atoms with Gasteiger partial charge in [0.2, 0.25) is 0 Å². The van der Waals surface area contributed by atoms with Crippen molar-refractivity contribution >= 4 is 62.4 Å². The second kappa shape index (κ2) is 17.5. The molecule has 0 radical (unpaired) electrons. The summed E-state index contributed by atoms with van der Waals surface area (Å²) in [6.45, 7) is 6.50. The SMILES string of the molecule is CO[Si](OC)(OC)O[Si](C)(O[Si](C)(C)O[Si](C)(O[Si](OC)(OC)OC)O[Si](OC)(OC)OC)O[Si](OC)(OC)OC. The van der Waals surface area contributed by atoms with Gasteiger partial charge in [-0.1, -0.05) is 0 Å². The van der Waals surface area contributed by atoms with Crippen LogP contribution < -0.4 is 0 Å². The lowest BCUT2D eigenvalue weighted by Gasteiger charge is -2.43. The van der Waals surface area contributed by atoms with E-state index in [-0.39, 0.29) is 0 Å². The van der Waals surface area contributed by atoms with E-state index < -0.39 is 62.4 Å². The molecule has 0 aromatic rings. The van der Waals surface area contributed by atoms with Gasteiger partial charge in [0.05, 0.1) is 0 Å². The summed E-state index contributed by atoms with van der Waals surface area (Å²) in [6, 6.07) is 0. The first kappa shape index (κ1) is 41.8. The third-order valence-electron chi connectivity index (χ3n) is 5.10. The van der Waals surface area contributed by atoms with Gasteiger partial charge in [-0.25, -0.2) is 0 Å². The summed E-state index contributed by atoms with van der Waals surface area (Å²) in [7, 11) is -10.3. The smallest absolute Gasteiger partial charge is 0.395 e. The molecule has 0 N–H and O–H groups in total. The van der Waals surface area contributed by atoms with E-state index in [4.69, 9.17) is 77.8 Å². The van der Waals surface area contributed by atoms with E-state index in [1.165, 1.54) is 85.3 Å². The van der Waals surface area contributed by atoms with Crippen molar-refractivity contribution < 1.29 is 77.8 Å². The Labute approximate surface area is 251 Å². The summed E-state index contributed by atoms with van der Waals surface area (Å²) < 4.78 is 104. The Hall–Kier alpha value is 0.798. The van der Waals surface area contributed by atoms with Gasteiger partial charge in [0.25, 0.3) is 0 Å². The summed E-state index contributed by atoms with van der Waals surface area (Å²) in [5.74, 6) is 0. The fraction of sp³-hybridized carbons (Fsp3) is 1.00. The second-order valence-corrected chi connectivity index (χ2v) is 28.2. The van der Waals surface area contributed by atoms with E-state index in [9.17, 15) is 0 Å². The quantitative estimate of drug-likeness (QED) is 0.126. The maximum absolute atomic E-state index is 6.54. The lowest BCUT2D eigenvalue weighted by Crippen LogP contribution is -2.69. The van der Waals surface area contributed by atoms with Crippen LogP contribution in [0.15, 0.2) is 0 Å². The van der Waals surface area contributed by atoms with Crippen molar-refractivity contribution in [1.82, 2.24) is 0 Å². The molecule has 0 aromatic heterocycles. The summed E-state index contributed by atoms with van der Waals surface area (Å²) in [5.41, 5.74) is 0. The highest BCUT2D eigenvalue weighted by atomic mass is 28.6. The van der Waals surface area contributed by atoms with Crippen molar-refractivity contribution in [2.24, 2.45) is 0 Å². The number of hydrogen-bond acceptors (Lipinski definition) is 18. The average molecular weight is 725 g/mol. The first-order valence-corrected chi connectivity index (χ1v) is 25.6. The van der Waals surface area contributed by atoms with Gasteiger partial charge in [-0.3, -0.25) is 0 Å².